The Labute approximate surface area is 113 Å². The van der Waals surface area contributed by atoms with Crippen molar-refractivity contribution in [3.8, 4) is 0 Å². The van der Waals surface area contributed by atoms with Gasteiger partial charge in [0.15, 0.2) is 0 Å². The lowest BCUT2D eigenvalue weighted by Gasteiger charge is -2.23. The fourth-order valence-corrected chi connectivity index (χ4v) is 1.73. The van der Waals surface area contributed by atoms with Crippen LogP contribution in [-0.4, -0.2) is 44.8 Å². The van der Waals surface area contributed by atoms with Gasteiger partial charge in [-0.15, -0.1) is 0 Å². The number of aromatic nitrogens is 2. The number of hydrogen-bond acceptors (Lipinski definition) is 3. The maximum absolute atomic E-state index is 12.4. The Morgan fingerprint density at radius 3 is 2.37 bits per heavy atom. The largest absolute Gasteiger partial charge is 0.480 e. The lowest BCUT2D eigenvalue weighted by Crippen LogP contribution is -2.40. The van der Waals surface area contributed by atoms with Gasteiger partial charge in [0.25, 0.3) is 5.91 Å². The number of carboxylic acids is 1. The highest BCUT2D eigenvalue weighted by molar-refractivity contribution is 5.97. The molecule has 1 amide bonds. The summed E-state index contributed by atoms with van der Waals surface area (Å²) in [6.07, 6.45) is 1.63. The third kappa shape index (κ3) is 3.13. The maximum atomic E-state index is 12.4. The molecule has 0 bridgehead atoms. The van der Waals surface area contributed by atoms with Gasteiger partial charge in [0.2, 0.25) is 0 Å². The molecule has 1 unspecified atom stereocenters. The number of carbonyl (C=O) groups is 2. The van der Waals surface area contributed by atoms with Crippen LogP contribution in [0.5, 0.6) is 0 Å². The third-order valence-corrected chi connectivity index (χ3v) is 3.03. The van der Waals surface area contributed by atoms with E-state index in [0.717, 1.165) is 0 Å². The van der Waals surface area contributed by atoms with Gasteiger partial charge in [-0.05, 0) is 6.92 Å². The quantitative estimate of drug-likeness (QED) is 0.894. The molecule has 6 nitrogen and oxygen atoms in total. The Morgan fingerprint density at radius 2 is 1.95 bits per heavy atom. The van der Waals surface area contributed by atoms with Gasteiger partial charge in [-0.2, -0.15) is 5.10 Å². The molecule has 106 valence electrons. The molecule has 0 fully saturated rings. The van der Waals surface area contributed by atoms with Crippen molar-refractivity contribution in [2.45, 2.75) is 39.2 Å². The highest BCUT2D eigenvalue weighted by Crippen LogP contribution is 2.25. The van der Waals surface area contributed by atoms with Crippen LogP contribution in [0.15, 0.2) is 6.20 Å². The van der Waals surface area contributed by atoms with Crippen LogP contribution < -0.4 is 0 Å². The molecule has 0 saturated carbocycles. The van der Waals surface area contributed by atoms with E-state index in [1.165, 1.54) is 18.9 Å². The van der Waals surface area contributed by atoms with E-state index in [1.807, 2.05) is 20.8 Å². The van der Waals surface area contributed by atoms with E-state index in [0.29, 0.717) is 11.3 Å². The normalized spacial score (nSPS) is 13.2. The van der Waals surface area contributed by atoms with Crippen molar-refractivity contribution in [3.63, 3.8) is 0 Å². The maximum Gasteiger partial charge on any atom is 0.326 e. The van der Waals surface area contributed by atoms with Crippen LogP contribution in [0.4, 0.5) is 0 Å². The summed E-state index contributed by atoms with van der Waals surface area (Å²) in [4.78, 5) is 24.5. The average molecular weight is 267 g/mol. The van der Waals surface area contributed by atoms with Crippen molar-refractivity contribution in [1.29, 1.82) is 0 Å². The molecule has 1 atom stereocenters. The van der Waals surface area contributed by atoms with Crippen molar-refractivity contribution in [2.75, 3.05) is 7.05 Å². The first-order valence-electron chi connectivity index (χ1n) is 6.09. The van der Waals surface area contributed by atoms with Crippen molar-refractivity contribution in [3.05, 3.63) is 17.5 Å². The van der Waals surface area contributed by atoms with E-state index in [2.05, 4.69) is 5.10 Å². The number of carboxylic acid groups (broad SMARTS) is 1. The molecule has 1 rings (SSSR count). The molecule has 0 aliphatic carbocycles. The summed E-state index contributed by atoms with van der Waals surface area (Å²) in [7, 11) is 3.23. The molecule has 1 heterocycles. The minimum Gasteiger partial charge on any atom is -0.480 e. The van der Waals surface area contributed by atoms with Crippen molar-refractivity contribution in [2.24, 2.45) is 7.05 Å². The van der Waals surface area contributed by atoms with Gasteiger partial charge in [-0.3, -0.25) is 9.48 Å². The monoisotopic (exact) mass is 267 g/mol. The number of carbonyl (C=O) groups excluding carboxylic acids is 1. The zero-order valence-corrected chi connectivity index (χ0v) is 12.3. The number of aliphatic carboxylic acids is 1. The van der Waals surface area contributed by atoms with Crippen LogP contribution in [0, 0.1) is 0 Å². The smallest absolute Gasteiger partial charge is 0.326 e. The van der Waals surface area contributed by atoms with Gasteiger partial charge in [0.05, 0.1) is 11.3 Å². The van der Waals surface area contributed by atoms with Crippen molar-refractivity contribution >= 4 is 11.9 Å². The number of nitrogens with zero attached hydrogens (tertiary/aromatic N) is 3. The molecular formula is C13H21N3O3. The van der Waals surface area contributed by atoms with Crippen LogP contribution in [0.2, 0.25) is 0 Å². The van der Waals surface area contributed by atoms with Crippen LogP contribution in [0.1, 0.15) is 43.7 Å². The molecule has 1 N–H and O–H groups in total. The minimum absolute atomic E-state index is 0.278. The number of hydrogen-bond donors (Lipinski definition) is 1. The van der Waals surface area contributed by atoms with Crippen LogP contribution in [-0.2, 0) is 17.3 Å². The second-order valence-electron chi connectivity index (χ2n) is 5.75. The molecule has 0 aromatic carbocycles. The lowest BCUT2D eigenvalue weighted by atomic mass is 9.89. The third-order valence-electron chi connectivity index (χ3n) is 3.03. The SMILES string of the molecule is CC(C(=O)O)N(C)C(=O)c1cn(C)nc1C(C)(C)C. The summed E-state index contributed by atoms with van der Waals surface area (Å²) in [5, 5.41) is 13.3. The van der Waals surface area contributed by atoms with Gasteiger partial charge in [0, 0.05) is 25.7 Å². The van der Waals surface area contributed by atoms with Crippen LogP contribution in [0.25, 0.3) is 0 Å². The van der Waals surface area contributed by atoms with Gasteiger partial charge >= 0.3 is 5.97 Å². The Morgan fingerprint density at radius 1 is 1.42 bits per heavy atom. The van der Waals surface area contributed by atoms with E-state index in [1.54, 1.807) is 17.9 Å². The van der Waals surface area contributed by atoms with Gasteiger partial charge in [-0.25, -0.2) is 4.79 Å². The molecule has 0 aliphatic heterocycles. The number of rotatable bonds is 3. The Kier molecular flexibility index (Phi) is 4.03. The van der Waals surface area contributed by atoms with E-state index < -0.39 is 12.0 Å². The first kappa shape index (κ1) is 15.2. The molecule has 1 aromatic heterocycles. The molecule has 0 spiro atoms. The van der Waals surface area contributed by atoms with E-state index in [9.17, 15) is 9.59 Å². The molecule has 0 saturated heterocycles. The Hall–Kier alpha value is -1.85. The first-order chi connectivity index (χ1) is 8.55. The summed E-state index contributed by atoms with van der Waals surface area (Å²) in [5.41, 5.74) is 0.842. The van der Waals surface area contributed by atoms with E-state index in [4.69, 9.17) is 5.11 Å². The molecule has 19 heavy (non-hydrogen) atoms. The summed E-state index contributed by atoms with van der Waals surface area (Å²) < 4.78 is 1.58. The fourth-order valence-electron chi connectivity index (χ4n) is 1.73. The predicted octanol–water partition coefficient (Wildman–Crippen LogP) is 1.26. The number of aryl methyl sites for hydroxylation is 1. The summed E-state index contributed by atoms with van der Waals surface area (Å²) >= 11 is 0. The molecule has 0 aliphatic rings. The van der Waals surface area contributed by atoms with Crippen LogP contribution in [0.3, 0.4) is 0 Å². The molecular weight excluding hydrogens is 246 g/mol. The Balaban J connectivity index is 3.17. The van der Waals surface area contributed by atoms with Gasteiger partial charge < -0.3 is 10.0 Å². The zero-order valence-electron chi connectivity index (χ0n) is 12.3. The second kappa shape index (κ2) is 5.03. The van der Waals surface area contributed by atoms with Gasteiger partial charge in [0.1, 0.15) is 6.04 Å². The number of likely N-dealkylation sites (N-methyl/N-ethyl adjacent to an activating group) is 1. The number of amides is 1. The molecule has 0 radical (unpaired) electrons. The van der Waals surface area contributed by atoms with E-state index in [-0.39, 0.29) is 11.3 Å². The zero-order chi connectivity index (χ0) is 15.0. The lowest BCUT2D eigenvalue weighted by molar-refractivity contribution is -0.141. The molecule has 1 aromatic rings. The first-order valence-corrected chi connectivity index (χ1v) is 6.09. The Bertz CT molecular complexity index is 500. The minimum atomic E-state index is -1.03. The summed E-state index contributed by atoms with van der Waals surface area (Å²) in [6.45, 7) is 7.37. The topological polar surface area (TPSA) is 75.4 Å². The van der Waals surface area contributed by atoms with Crippen molar-refractivity contribution < 1.29 is 14.7 Å². The molecule has 6 heteroatoms. The fraction of sp³-hybridized carbons (Fsp3) is 0.615. The highest BCUT2D eigenvalue weighted by Gasteiger charge is 2.30. The summed E-state index contributed by atoms with van der Waals surface area (Å²) in [6, 6.07) is -0.875. The standard InChI is InChI=1S/C13H21N3O3/c1-8(12(18)19)16(6)11(17)9-7-15(5)14-10(9)13(2,3)4/h7-8H,1-6H3,(H,18,19). The predicted molar refractivity (Wildman–Crippen MR) is 71.1 cm³/mol. The van der Waals surface area contributed by atoms with Crippen LogP contribution >= 0.6 is 0 Å². The van der Waals surface area contributed by atoms with Crippen molar-refractivity contribution in [1.82, 2.24) is 14.7 Å². The van der Waals surface area contributed by atoms with Gasteiger partial charge in [-0.1, -0.05) is 20.8 Å². The summed E-state index contributed by atoms with van der Waals surface area (Å²) in [5.74, 6) is -1.36. The highest BCUT2D eigenvalue weighted by atomic mass is 16.4. The average Bonchev–Trinajstić information content (AvgIpc) is 2.68. The second-order valence-corrected chi connectivity index (χ2v) is 5.75. The van der Waals surface area contributed by atoms with E-state index >= 15 is 0 Å².